The molecule has 0 saturated carbocycles. The number of carboxylic acid groups (broad SMARTS) is 1. The average molecular weight is 589 g/mol. The summed E-state index contributed by atoms with van der Waals surface area (Å²) in [5, 5.41) is 10.7. The van der Waals surface area contributed by atoms with Crippen molar-refractivity contribution in [3.63, 3.8) is 0 Å². The highest BCUT2D eigenvalue weighted by molar-refractivity contribution is 6.31. The van der Waals surface area contributed by atoms with E-state index in [1.54, 1.807) is 35.2 Å². The number of carboxylic acids is 1. The molecule has 2 aliphatic heterocycles. The van der Waals surface area contributed by atoms with Crippen LogP contribution in [-0.4, -0.2) is 82.9 Å². The summed E-state index contributed by atoms with van der Waals surface area (Å²) in [6.45, 7) is 4.99. The lowest BCUT2D eigenvalue weighted by molar-refractivity contribution is 0.0695. The SMILES string of the molecule is Cc1cc2c(=O)c(C(=O)O)cn(-c3ccc(N4CC(N(C)C)C4)nc3)c2cc1N1CCC[C@@H]1COc1ncccc1Cl. The monoisotopic (exact) mass is 588 g/mol. The molecule has 6 rings (SSSR count). The maximum Gasteiger partial charge on any atom is 0.341 e. The minimum Gasteiger partial charge on any atom is -0.477 e. The zero-order chi connectivity index (χ0) is 29.5. The predicted octanol–water partition coefficient (Wildman–Crippen LogP) is 4.24. The molecular formula is C31H33ClN6O4. The Labute approximate surface area is 248 Å². The molecule has 10 nitrogen and oxygen atoms in total. The second kappa shape index (κ2) is 11.3. The molecular weight excluding hydrogens is 556 g/mol. The van der Waals surface area contributed by atoms with Gasteiger partial charge in [-0.2, -0.15) is 0 Å². The minimum atomic E-state index is -1.26. The van der Waals surface area contributed by atoms with Crippen molar-refractivity contribution in [3.8, 4) is 11.6 Å². The van der Waals surface area contributed by atoms with E-state index in [1.165, 1.54) is 6.20 Å². The molecule has 1 atom stereocenters. The average Bonchev–Trinajstić information content (AvgIpc) is 3.40. The van der Waals surface area contributed by atoms with Gasteiger partial charge in [-0.3, -0.25) is 4.79 Å². The van der Waals surface area contributed by atoms with Gasteiger partial charge in [0, 0.05) is 49.1 Å². The largest absolute Gasteiger partial charge is 0.477 e. The Morgan fingerprint density at radius 2 is 2.00 bits per heavy atom. The predicted molar refractivity (Wildman–Crippen MR) is 164 cm³/mol. The summed E-state index contributed by atoms with van der Waals surface area (Å²) < 4.78 is 7.76. The van der Waals surface area contributed by atoms with Gasteiger partial charge in [0.05, 0.1) is 23.4 Å². The highest BCUT2D eigenvalue weighted by atomic mass is 35.5. The zero-order valence-electron chi connectivity index (χ0n) is 23.8. The number of fused-ring (bicyclic) bond motifs is 1. The van der Waals surface area contributed by atoms with Crippen molar-refractivity contribution in [2.75, 3.05) is 50.1 Å². The highest BCUT2D eigenvalue weighted by Gasteiger charge is 2.30. The number of aryl methyl sites for hydroxylation is 1. The van der Waals surface area contributed by atoms with Crippen molar-refractivity contribution < 1.29 is 14.6 Å². The third-order valence-electron chi connectivity index (χ3n) is 8.30. The van der Waals surface area contributed by atoms with Crippen molar-refractivity contribution in [1.82, 2.24) is 19.4 Å². The molecule has 218 valence electrons. The fourth-order valence-corrected chi connectivity index (χ4v) is 5.98. The number of anilines is 2. The lowest BCUT2D eigenvalue weighted by Gasteiger charge is -2.43. The van der Waals surface area contributed by atoms with Crippen LogP contribution in [0.2, 0.25) is 5.02 Å². The van der Waals surface area contributed by atoms with Crippen LogP contribution in [0.15, 0.2) is 59.8 Å². The number of likely N-dealkylation sites (N-methyl/N-ethyl adjacent to an activating group) is 1. The maximum absolute atomic E-state index is 13.3. The fraction of sp³-hybridized carbons (Fsp3) is 0.355. The third kappa shape index (κ3) is 5.16. The Morgan fingerprint density at radius 3 is 2.69 bits per heavy atom. The first-order chi connectivity index (χ1) is 20.2. The highest BCUT2D eigenvalue weighted by Crippen LogP contribution is 2.33. The molecule has 2 aliphatic rings. The fourth-order valence-electron chi connectivity index (χ4n) is 5.80. The molecule has 5 heterocycles. The molecule has 0 radical (unpaired) electrons. The topological polar surface area (TPSA) is 104 Å². The smallest absolute Gasteiger partial charge is 0.341 e. The van der Waals surface area contributed by atoms with Crippen LogP contribution in [-0.2, 0) is 0 Å². The van der Waals surface area contributed by atoms with E-state index in [1.807, 2.05) is 25.1 Å². The van der Waals surface area contributed by atoms with E-state index in [2.05, 4.69) is 38.8 Å². The number of benzene rings is 1. The number of ether oxygens (including phenoxy) is 1. The van der Waals surface area contributed by atoms with Crippen LogP contribution < -0.4 is 20.0 Å². The molecule has 1 aromatic carbocycles. The summed E-state index contributed by atoms with van der Waals surface area (Å²) >= 11 is 6.25. The van der Waals surface area contributed by atoms with Crippen LogP contribution in [0, 0.1) is 6.92 Å². The molecule has 2 saturated heterocycles. The summed E-state index contributed by atoms with van der Waals surface area (Å²) in [4.78, 5) is 41.0. The Balaban J connectivity index is 1.36. The van der Waals surface area contributed by atoms with E-state index in [9.17, 15) is 14.7 Å². The van der Waals surface area contributed by atoms with Crippen LogP contribution >= 0.6 is 11.6 Å². The van der Waals surface area contributed by atoms with E-state index in [-0.39, 0.29) is 11.6 Å². The normalized spacial score (nSPS) is 17.2. The van der Waals surface area contributed by atoms with Crippen LogP contribution in [0.3, 0.4) is 0 Å². The molecule has 42 heavy (non-hydrogen) atoms. The maximum atomic E-state index is 13.3. The van der Waals surface area contributed by atoms with Crippen molar-refractivity contribution in [2.45, 2.75) is 31.8 Å². The van der Waals surface area contributed by atoms with E-state index < -0.39 is 11.4 Å². The molecule has 0 unspecified atom stereocenters. The summed E-state index contributed by atoms with van der Waals surface area (Å²) in [6, 6.07) is 11.7. The lowest BCUT2D eigenvalue weighted by atomic mass is 10.0. The van der Waals surface area contributed by atoms with E-state index in [4.69, 9.17) is 16.3 Å². The standard InChI is InChI=1S/C31H33ClN6O4/c1-19-12-23-27(13-26(19)37-11-5-6-21(37)18-42-30-25(32)7-4-10-33-30)38(17-24(29(23)39)31(40)41)20-8-9-28(34-14-20)36-15-22(16-36)35(2)3/h4,7-10,12-14,17,21-22H,5-6,11,15-16,18H2,1-3H3,(H,40,41)/t21-/m1/s1. The van der Waals surface area contributed by atoms with Gasteiger partial charge >= 0.3 is 5.97 Å². The number of halogens is 1. The van der Waals surface area contributed by atoms with Gasteiger partial charge in [-0.05, 0) is 75.8 Å². The first-order valence-corrected chi connectivity index (χ1v) is 14.4. The zero-order valence-corrected chi connectivity index (χ0v) is 24.6. The number of aromatic nitrogens is 3. The minimum absolute atomic E-state index is 0.0844. The van der Waals surface area contributed by atoms with E-state index in [0.29, 0.717) is 40.1 Å². The quantitative estimate of drug-likeness (QED) is 0.324. The summed E-state index contributed by atoms with van der Waals surface area (Å²) in [5.41, 5.74) is 2.37. The van der Waals surface area contributed by atoms with Crippen molar-refractivity contribution in [1.29, 1.82) is 0 Å². The number of hydrogen-bond donors (Lipinski definition) is 1. The summed E-state index contributed by atoms with van der Waals surface area (Å²) in [5.74, 6) is 0.00927. The second-order valence-electron chi connectivity index (χ2n) is 11.2. The second-order valence-corrected chi connectivity index (χ2v) is 11.6. The van der Waals surface area contributed by atoms with Gasteiger partial charge in [0.1, 0.15) is 23.0 Å². The summed E-state index contributed by atoms with van der Waals surface area (Å²) in [6.07, 6.45) is 6.71. The molecule has 0 spiro atoms. The molecule has 0 amide bonds. The Morgan fingerprint density at radius 1 is 1.19 bits per heavy atom. The van der Waals surface area contributed by atoms with Gasteiger partial charge < -0.3 is 29.1 Å². The molecule has 4 aromatic rings. The molecule has 2 fully saturated rings. The van der Waals surface area contributed by atoms with Gasteiger partial charge in [-0.25, -0.2) is 14.8 Å². The Hall–Kier alpha value is -4.15. The first-order valence-electron chi connectivity index (χ1n) is 14.0. The van der Waals surface area contributed by atoms with E-state index in [0.717, 1.165) is 49.5 Å². The van der Waals surface area contributed by atoms with Gasteiger partial charge in [0.2, 0.25) is 11.3 Å². The number of nitrogens with zero attached hydrogens (tertiary/aromatic N) is 6. The number of pyridine rings is 3. The summed E-state index contributed by atoms with van der Waals surface area (Å²) in [7, 11) is 4.15. The van der Waals surface area contributed by atoms with Gasteiger partial charge in [-0.1, -0.05) is 11.6 Å². The third-order valence-corrected chi connectivity index (χ3v) is 8.59. The molecule has 11 heteroatoms. The lowest BCUT2D eigenvalue weighted by Crippen LogP contribution is -2.57. The number of aromatic carboxylic acids is 1. The van der Waals surface area contributed by atoms with Gasteiger partial charge in [0.25, 0.3) is 0 Å². The van der Waals surface area contributed by atoms with Crippen molar-refractivity contribution in [3.05, 3.63) is 81.4 Å². The number of rotatable bonds is 8. The molecule has 3 aromatic heterocycles. The molecule has 1 N–H and O–H groups in total. The van der Waals surface area contributed by atoms with E-state index >= 15 is 0 Å². The Kier molecular flexibility index (Phi) is 7.51. The van der Waals surface area contributed by atoms with Gasteiger partial charge in [0.15, 0.2) is 0 Å². The van der Waals surface area contributed by atoms with Crippen LogP contribution in [0.25, 0.3) is 16.6 Å². The van der Waals surface area contributed by atoms with Crippen LogP contribution in [0.5, 0.6) is 5.88 Å². The van der Waals surface area contributed by atoms with Crippen molar-refractivity contribution in [2.24, 2.45) is 0 Å². The number of hydrogen-bond acceptors (Lipinski definition) is 8. The number of carbonyl (C=O) groups is 1. The van der Waals surface area contributed by atoms with Gasteiger partial charge in [-0.15, -0.1) is 0 Å². The van der Waals surface area contributed by atoms with Crippen LogP contribution in [0.4, 0.5) is 11.5 Å². The first kappa shape index (κ1) is 28.0. The van der Waals surface area contributed by atoms with Crippen LogP contribution in [0.1, 0.15) is 28.8 Å². The van der Waals surface area contributed by atoms with Crippen molar-refractivity contribution >= 4 is 40.0 Å². The Bertz CT molecular complexity index is 1700. The molecule has 0 aliphatic carbocycles. The molecule has 0 bridgehead atoms.